The van der Waals surface area contributed by atoms with Gasteiger partial charge in [0.25, 0.3) is 0 Å². The van der Waals surface area contributed by atoms with Gasteiger partial charge in [-0.3, -0.25) is 0 Å². The molecule has 2 atom stereocenters. The minimum Gasteiger partial charge on any atom is -0.239 e. The fourth-order valence-corrected chi connectivity index (χ4v) is 4.50. The minimum absolute atomic E-state index is 0.225. The van der Waals surface area contributed by atoms with Crippen LogP contribution in [0.5, 0.6) is 0 Å². The molecule has 3 heteroatoms. The van der Waals surface area contributed by atoms with E-state index < -0.39 is 12.3 Å². The number of halogens is 3. The van der Waals surface area contributed by atoms with E-state index in [0.29, 0.717) is 28.2 Å². The molecule has 1 fully saturated rings. The summed E-state index contributed by atoms with van der Waals surface area (Å²) in [5.74, 6) is 0.989. The Kier molecular flexibility index (Phi) is 5.67. The van der Waals surface area contributed by atoms with Crippen LogP contribution in [0, 0.1) is 11.7 Å². The first-order chi connectivity index (χ1) is 13.9. The van der Waals surface area contributed by atoms with Gasteiger partial charge < -0.3 is 0 Å². The van der Waals surface area contributed by atoms with Gasteiger partial charge in [-0.15, -0.1) is 0 Å². The molecule has 4 rings (SSSR count). The smallest absolute Gasteiger partial charge is 0.161 e. The van der Waals surface area contributed by atoms with Gasteiger partial charge in [-0.1, -0.05) is 68.3 Å². The largest absolute Gasteiger partial charge is 0.239 e. The summed E-state index contributed by atoms with van der Waals surface area (Å²) in [5.41, 5.74) is 3.72. The van der Waals surface area contributed by atoms with Crippen molar-refractivity contribution in [2.75, 3.05) is 0 Å². The van der Waals surface area contributed by atoms with E-state index in [9.17, 15) is 13.2 Å². The molecule has 0 saturated heterocycles. The molecule has 2 aliphatic rings. The molecule has 0 aromatic heterocycles. The quantitative estimate of drug-likeness (QED) is 0.496. The van der Waals surface area contributed by atoms with Gasteiger partial charge in [0, 0.05) is 5.56 Å². The van der Waals surface area contributed by atoms with Crippen molar-refractivity contribution in [2.24, 2.45) is 5.92 Å². The summed E-state index contributed by atoms with van der Waals surface area (Å²) in [6.45, 7) is 3.87. The zero-order valence-corrected chi connectivity index (χ0v) is 17.0. The summed E-state index contributed by atoms with van der Waals surface area (Å²) in [7, 11) is 0. The summed E-state index contributed by atoms with van der Waals surface area (Å²) >= 11 is 0. The van der Waals surface area contributed by atoms with Crippen molar-refractivity contribution in [3.63, 3.8) is 0 Å². The Bertz CT molecular complexity index is 931. The first kappa shape index (κ1) is 20.0. The third kappa shape index (κ3) is 4.05. The number of rotatable bonds is 3. The van der Waals surface area contributed by atoms with Gasteiger partial charge >= 0.3 is 0 Å². The lowest BCUT2D eigenvalue weighted by atomic mass is 9.79. The molecule has 0 aliphatic heterocycles. The van der Waals surface area contributed by atoms with Crippen molar-refractivity contribution in [2.45, 2.75) is 57.8 Å². The van der Waals surface area contributed by atoms with Crippen LogP contribution in [0.25, 0.3) is 16.7 Å². The van der Waals surface area contributed by atoms with E-state index in [1.165, 1.54) is 12.8 Å². The minimum atomic E-state index is -1.67. The summed E-state index contributed by atoms with van der Waals surface area (Å²) in [6, 6.07) is 12.6. The van der Waals surface area contributed by atoms with E-state index >= 15 is 0 Å². The van der Waals surface area contributed by atoms with Gasteiger partial charge in [-0.05, 0) is 65.5 Å². The molecular formula is C26H27F3. The Labute approximate surface area is 171 Å². The Morgan fingerprint density at radius 2 is 1.45 bits per heavy atom. The topological polar surface area (TPSA) is 0 Å². The summed E-state index contributed by atoms with van der Waals surface area (Å²) in [6.07, 6.45) is 4.63. The third-order valence-electron chi connectivity index (χ3n) is 6.52. The van der Waals surface area contributed by atoms with Crippen molar-refractivity contribution in [1.29, 1.82) is 0 Å². The average Bonchev–Trinajstić information content (AvgIpc) is 2.73. The van der Waals surface area contributed by atoms with Crippen molar-refractivity contribution in [3.05, 3.63) is 77.1 Å². The molecule has 0 N–H and O–H groups in total. The van der Waals surface area contributed by atoms with E-state index in [4.69, 9.17) is 0 Å². The predicted octanol–water partition coefficient (Wildman–Crippen LogP) is 7.81. The van der Waals surface area contributed by atoms with Gasteiger partial charge in [-0.25, -0.2) is 13.2 Å². The zero-order chi connectivity index (χ0) is 20.5. The van der Waals surface area contributed by atoms with Gasteiger partial charge in [0.1, 0.15) is 5.82 Å². The number of hydrogen-bond donors (Lipinski definition) is 0. The van der Waals surface area contributed by atoms with Crippen molar-refractivity contribution in [1.82, 2.24) is 0 Å². The van der Waals surface area contributed by atoms with E-state index in [-0.39, 0.29) is 5.82 Å². The molecule has 0 bridgehead atoms. The lowest BCUT2D eigenvalue weighted by molar-refractivity contribution is 0.242. The average molecular weight is 396 g/mol. The highest BCUT2D eigenvalue weighted by Crippen LogP contribution is 2.37. The van der Waals surface area contributed by atoms with Crippen molar-refractivity contribution >= 4 is 5.57 Å². The number of allylic oxidation sites excluding steroid dienone is 4. The first-order valence-corrected chi connectivity index (χ1v) is 10.5. The van der Waals surface area contributed by atoms with Crippen molar-refractivity contribution in [3.8, 4) is 11.1 Å². The first-order valence-electron chi connectivity index (χ1n) is 10.5. The Balaban J connectivity index is 1.55. The van der Waals surface area contributed by atoms with E-state index in [1.54, 1.807) is 49.4 Å². The van der Waals surface area contributed by atoms with Crippen LogP contribution in [0.1, 0.15) is 56.6 Å². The molecule has 0 spiro atoms. The van der Waals surface area contributed by atoms with Crippen molar-refractivity contribution < 1.29 is 13.2 Å². The van der Waals surface area contributed by atoms with E-state index in [0.717, 1.165) is 29.9 Å². The van der Waals surface area contributed by atoms with Crippen LogP contribution in [0.4, 0.5) is 13.2 Å². The van der Waals surface area contributed by atoms with Gasteiger partial charge in [0.2, 0.25) is 0 Å². The normalized spacial score (nSPS) is 27.3. The molecule has 0 nitrogen and oxygen atoms in total. The van der Waals surface area contributed by atoms with E-state index in [1.807, 2.05) is 12.1 Å². The van der Waals surface area contributed by atoms with Crippen LogP contribution in [-0.2, 0) is 0 Å². The van der Waals surface area contributed by atoms with Crippen LogP contribution in [0.2, 0.25) is 0 Å². The predicted molar refractivity (Wildman–Crippen MR) is 114 cm³/mol. The molecule has 2 aliphatic carbocycles. The van der Waals surface area contributed by atoms with Gasteiger partial charge in [-0.2, -0.15) is 0 Å². The third-order valence-corrected chi connectivity index (χ3v) is 6.52. The fraction of sp³-hybridized carbons (Fsp3) is 0.385. The molecule has 2 aromatic carbocycles. The fourth-order valence-electron chi connectivity index (χ4n) is 4.50. The highest BCUT2D eigenvalue weighted by molar-refractivity contribution is 5.75. The Morgan fingerprint density at radius 3 is 2.10 bits per heavy atom. The summed E-state index contributed by atoms with van der Waals surface area (Å²) in [5, 5.41) is 0. The standard InChI is InChI=1S/C26H27F3/c1-16-3-6-18(7-4-16)21-12-14-22(24(27)15-21)19-8-10-20(11-9-19)23-13-5-17(2)25(28)26(23)29/h5,8-16,18,25-26H,3-4,6-7H2,1-2H3. The molecule has 29 heavy (non-hydrogen) atoms. The Morgan fingerprint density at radius 1 is 0.793 bits per heavy atom. The second kappa shape index (κ2) is 8.22. The second-order valence-electron chi connectivity index (χ2n) is 8.61. The van der Waals surface area contributed by atoms with Gasteiger partial charge in [0.05, 0.1) is 0 Å². The number of benzene rings is 2. The molecular weight excluding hydrogens is 369 g/mol. The molecule has 1 saturated carbocycles. The van der Waals surface area contributed by atoms with Crippen LogP contribution in [-0.4, -0.2) is 12.3 Å². The SMILES string of the molecule is CC1=CC=C(c2ccc(-c3ccc(C4CCC(C)CC4)cc3F)cc2)C(F)C1F. The second-order valence-corrected chi connectivity index (χ2v) is 8.61. The highest BCUT2D eigenvalue weighted by atomic mass is 19.2. The lowest BCUT2D eigenvalue weighted by Gasteiger charge is -2.26. The van der Waals surface area contributed by atoms with Crippen LogP contribution >= 0.6 is 0 Å². The summed E-state index contributed by atoms with van der Waals surface area (Å²) in [4.78, 5) is 0. The summed E-state index contributed by atoms with van der Waals surface area (Å²) < 4.78 is 43.2. The van der Waals surface area contributed by atoms with Gasteiger partial charge in [0.15, 0.2) is 12.3 Å². The lowest BCUT2D eigenvalue weighted by Crippen LogP contribution is -2.22. The molecule has 0 radical (unpaired) electrons. The van der Waals surface area contributed by atoms with Crippen LogP contribution in [0.15, 0.2) is 60.2 Å². The molecule has 0 amide bonds. The van der Waals surface area contributed by atoms with E-state index in [2.05, 4.69) is 6.92 Å². The molecule has 2 unspecified atom stereocenters. The molecule has 0 heterocycles. The zero-order valence-electron chi connectivity index (χ0n) is 17.0. The van der Waals surface area contributed by atoms with Crippen LogP contribution in [0.3, 0.4) is 0 Å². The Hall–Kier alpha value is -2.29. The maximum absolute atomic E-state index is 14.9. The molecule has 152 valence electrons. The monoisotopic (exact) mass is 396 g/mol. The maximum atomic E-state index is 14.9. The number of alkyl halides is 2. The maximum Gasteiger partial charge on any atom is 0.161 e. The molecule has 2 aromatic rings. The highest BCUT2D eigenvalue weighted by Gasteiger charge is 2.29. The van der Waals surface area contributed by atoms with Crippen LogP contribution < -0.4 is 0 Å². The number of hydrogen-bond acceptors (Lipinski definition) is 0.